The average molecular weight is 623 g/mol. The van der Waals surface area contributed by atoms with Crippen molar-refractivity contribution in [1.29, 1.82) is 0 Å². The molecule has 9 aromatic carbocycles. The summed E-state index contributed by atoms with van der Waals surface area (Å²) in [5.74, 6) is 0. The van der Waals surface area contributed by atoms with Crippen LogP contribution in [0.25, 0.3) is 87.6 Å². The van der Waals surface area contributed by atoms with Crippen molar-refractivity contribution in [2.45, 2.75) is 27.2 Å². The predicted molar refractivity (Wildman–Crippen MR) is 200 cm³/mol. The summed E-state index contributed by atoms with van der Waals surface area (Å²) in [5.41, 5.74) is 13.0. The van der Waals surface area contributed by atoms with Crippen LogP contribution in [0, 0.1) is 13.8 Å². The molecule has 9 rings (SSSR count). The summed E-state index contributed by atoms with van der Waals surface area (Å²) in [7, 11) is 0. The van der Waals surface area contributed by atoms with Crippen molar-refractivity contribution >= 4 is 43.1 Å². The maximum Gasteiger partial charge on any atom is 0.115 e. The number of hydrogen-bond donors (Lipinski definition) is 0. The van der Waals surface area contributed by atoms with Gasteiger partial charge in [0.25, 0.3) is 0 Å². The van der Waals surface area contributed by atoms with Crippen molar-refractivity contribution in [2.24, 2.45) is 0 Å². The molecule has 0 saturated heterocycles. The minimum atomic E-state index is -0.486. The summed E-state index contributed by atoms with van der Waals surface area (Å²) in [6.07, 6.45) is 0. The summed E-state index contributed by atoms with van der Waals surface area (Å²) < 4.78 is 26.8. The molecule has 0 atom stereocenters. The van der Waals surface area contributed by atoms with E-state index in [9.17, 15) is 8.78 Å². The summed E-state index contributed by atoms with van der Waals surface area (Å²) >= 11 is 0. The van der Waals surface area contributed by atoms with Crippen LogP contribution in [0.15, 0.2) is 133 Å². The van der Waals surface area contributed by atoms with Gasteiger partial charge in [-0.2, -0.15) is 0 Å². The van der Waals surface area contributed by atoms with Gasteiger partial charge in [-0.05, 0) is 149 Å². The van der Waals surface area contributed by atoms with Gasteiger partial charge in [-0.25, -0.2) is 8.78 Å². The Balaban J connectivity index is 1.26. The van der Waals surface area contributed by atoms with Gasteiger partial charge in [0.05, 0.1) is 0 Å². The smallest absolute Gasteiger partial charge is 0.115 e. The molecule has 9 aromatic rings. The third kappa shape index (κ3) is 4.47. The molecule has 0 aromatic heterocycles. The van der Waals surface area contributed by atoms with E-state index in [4.69, 9.17) is 0 Å². The van der Waals surface area contributed by atoms with E-state index >= 15 is 0 Å². The fourth-order valence-corrected chi connectivity index (χ4v) is 7.43. The van der Waals surface area contributed by atoms with Gasteiger partial charge in [0, 0.05) is 0 Å². The topological polar surface area (TPSA) is 0 Å². The second-order valence-electron chi connectivity index (χ2n) is 13.2. The quantitative estimate of drug-likeness (QED) is 0.173. The van der Waals surface area contributed by atoms with Crippen LogP contribution in [0.5, 0.6) is 0 Å². The van der Waals surface area contributed by atoms with Gasteiger partial charge in [0.1, 0.15) is 13.3 Å². The van der Waals surface area contributed by atoms with E-state index in [1.165, 1.54) is 76.5 Å². The minimum Gasteiger partial charge on any atom is -0.246 e. The number of fused-ring (bicyclic) bond motifs is 8. The Hall–Kier alpha value is -5.60. The minimum absolute atomic E-state index is 0.486. The number of halogens is 2. The maximum atomic E-state index is 13.4. The SMILES string of the molecule is Cc1ccc(-c2cc3c(cc2-c2ccc(C)cc2)c2cc4c5cc(-c6ccc(CF)cc6)c(-c6ccc(CF)cc6)cc5c4cc32)cc1. The number of alkyl halides is 2. The van der Waals surface area contributed by atoms with Gasteiger partial charge in [0.15, 0.2) is 0 Å². The lowest BCUT2D eigenvalue weighted by Crippen LogP contribution is -1.95. The molecule has 0 nitrogen and oxygen atoms in total. The van der Waals surface area contributed by atoms with E-state index in [2.05, 4.69) is 98.8 Å². The molecule has 0 unspecified atom stereocenters. The second-order valence-corrected chi connectivity index (χ2v) is 13.2. The molecule has 2 heteroatoms. The van der Waals surface area contributed by atoms with E-state index in [-0.39, 0.29) is 0 Å². The zero-order valence-corrected chi connectivity index (χ0v) is 26.9. The van der Waals surface area contributed by atoms with Crippen LogP contribution in [-0.2, 0) is 13.3 Å². The molecule has 0 aliphatic heterocycles. The lowest BCUT2D eigenvalue weighted by atomic mass is 9.81. The van der Waals surface area contributed by atoms with Crippen LogP contribution >= 0.6 is 0 Å². The van der Waals surface area contributed by atoms with Crippen molar-refractivity contribution < 1.29 is 8.78 Å². The summed E-state index contributed by atoms with van der Waals surface area (Å²) in [6, 6.07) is 47.2. The standard InChI is InChI=1S/C46H32F2/c1-27-3-11-31(12-4-27)35-19-39-40(20-36(35)32-13-5-28(2)6-14-32)44-24-46-42-22-38(34-17-9-30(26-48)10-18-34)37(21-41(42)45(46)23-43(39)44)33-15-7-29(25-47)8-16-33/h3-24H,25-26H2,1-2H3. The Morgan fingerprint density at radius 3 is 0.792 bits per heavy atom. The first kappa shape index (κ1) is 28.6. The Morgan fingerprint density at radius 1 is 0.312 bits per heavy atom. The second kappa shape index (κ2) is 11.0. The van der Waals surface area contributed by atoms with Gasteiger partial charge in [-0.15, -0.1) is 0 Å². The third-order valence-corrected chi connectivity index (χ3v) is 10.2. The predicted octanol–water partition coefficient (Wildman–Crippen LogP) is 13.4. The zero-order chi connectivity index (χ0) is 32.5. The molecule has 0 saturated carbocycles. The molecule has 0 N–H and O–H groups in total. The summed E-state index contributed by atoms with van der Waals surface area (Å²) in [4.78, 5) is 0. The van der Waals surface area contributed by atoms with E-state index in [0.29, 0.717) is 11.1 Å². The molecule has 0 fully saturated rings. The molecule has 0 bridgehead atoms. The van der Waals surface area contributed by atoms with Crippen LogP contribution in [0.2, 0.25) is 0 Å². The van der Waals surface area contributed by atoms with Crippen molar-refractivity contribution in [3.8, 4) is 44.5 Å². The normalized spacial score (nSPS) is 11.9. The van der Waals surface area contributed by atoms with Gasteiger partial charge in [0.2, 0.25) is 0 Å². The van der Waals surface area contributed by atoms with Gasteiger partial charge < -0.3 is 0 Å². The van der Waals surface area contributed by atoms with Crippen molar-refractivity contribution in [3.05, 3.63) is 156 Å². The number of aryl methyl sites for hydroxylation is 2. The average Bonchev–Trinajstić information content (AvgIpc) is 3.13. The maximum absolute atomic E-state index is 13.4. The van der Waals surface area contributed by atoms with E-state index < -0.39 is 13.3 Å². The molecule has 0 radical (unpaired) electrons. The van der Waals surface area contributed by atoms with E-state index in [1.807, 2.05) is 48.5 Å². The largest absolute Gasteiger partial charge is 0.246 e. The summed E-state index contributed by atoms with van der Waals surface area (Å²) in [5, 5.41) is 10.1. The van der Waals surface area contributed by atoms with Crippen LogP contribution in [0.3, 0.4) is 0 Å². The van der Waals surface area contributed by atoms with Crippen LogP contribution in [-0.4, -0.2) is 0 Å². The molecule has 0 amide bonds. The molecular weight excluding hydrogens is 591 g/mol. The van der Waals surface area contributed by atoms with Crippen LogP contribution in [0.1, 0.15) is 22.3 Å². The molecule has 0 heterocycles. The number of rotatable bonds is 6. The number of benzene rings is 7. The summed E-state index contributed by atoms with van der Waals surface area (Å²) in [6.45, 7) is 3.29. The first-order valence-electron chi connectivity index (χ1n) is 16.5. The fraction of sp³-hybridized carbons (Fsp3) is 0.0870. The molecule has 0 spiro atoms. The highest BCUT2D eigenvalue weighted by atomic mass is 19.1. The molecule has 0 aliphatic rings. The van der Waals surface area contributed by atoms with E-state index in [0.717, 1.165) is 22.3 Å². The molecule has 48 heavy (non-hydrogen) atoms. The van der Waals surface area contributed by atoms with Gasteiger partial charge >= 0.3 is 0 Å². The number of hydrogen-bond acceptors (Lipinski definition) is 0. The van der Waals surface area contributed by atoms with Crippen molar-refractivity contribution in [3.63, 3.8) is 0 Å². The Kier molecular flexibility index (Phi) is 6.55. The lowest BCUT2D eigenvalue weighted by Gasteiger charge is -2.22. The highest BCUT2D eigenvalue weighted by molar-refractivity contribution is 6.36. The molecule has 230 valence electrons. The molecule has 0 aliphatic carbocycles. The van der Waals surface area contributed by atoms with Gasteiger partial charge in [-0.3, -0.25) is 0 Å². The highest BCUT2D eigenvalue weighted by Crippen LogP contribution is 2.49. The highest BCUT2D eigenvalue weighted by Gasteiger charge is 2.21. The van der Waals surface area contributed by atoms with Gasteiger partial charge in [-0.1, -0.05) is 108 Å². The van der Waals surface area contributed by atoms with Crippen molar-refractivity contribution in [1.82, 2.24) is 0 Å². The van der Waals surface area contributed by atoms with E-state index in [1.54, 1.807) is 0 Å². The monoisotopic (exact) mass is 622 g/mol. The van der Waals surface area contributed by atoms with Crippen LogP contribution in [0.4, 0.5) is 8.78 Å². The third-order valence-electron chi connectivity index (χ3n) is 10.2. The van der Waals surface area contributed by atoms with Crippen LogP contribution < -0.4 is 0 Å². The molecular formula is C46H32F2. The Labute approximate surface area is 278 Å². The zero-order valence-electron chi connectivity index (χ0n) is 26.9. The first-order valence-corrected chi connectivity index (χ1v) is 16.5. The van der Waals surface area contributed by atoms with Crippen molar-refractivity contribution in [2.75, 3.05) is 0 Å². The Bertz CT molecular complexity index is 2410. The Morgan fingerprint density at radius 2 is 0.542 bits per heavy atom. The first-order chi connectivity index (χ1) is 23.5. The lowest BCUT2D eigenvalue weighted by molar-refractivity contribution is 0.485. The fourth-order valence-electron chi connectivity index (χ4n) is 7.43.